The van der Waals surface area contributed by atoms with Crippen molar-refractivity contribution in [2.24, 2.45) is 0 Å². The summed E-state index contributed by atoms with van der Waals surface area (Å²) in [5, 5.41) is 0. The molecule has 0 bridgehead atoms. The summed E-state index contributed by atoms with van der Waals surface area (Å²) in [7, 11) is 0. The molecule has 0 spiro atoms. The third-order valence-corrected chi connectivity index (χ3v) is 8.59. The number of hydrogen-bond acceptors (Lipinski definition) is 10. The van der Waals surface area contributed by atoms with E-state index < -0.39 is 35.4 Å². The number of fused-ring (bicyclic) bond motifs is 3. The van der Waals surface area contributed by atoms with E-state index in [1.807, 2.05) is 60.7 Å². The standard InChI is InChI=1S/C45H40O10/c1-7-41(46)52-27-35(54-43(48)29(3)4)25-50-33-21-17-31(18-22-33)45(39-15-11-9-13-37(39)38-14-10-12-16-40(38)45)32-19-23-34(24-20-32)51-26-36(28-53-42(47)8-2)55-44(49)30(5)6/h7-25,36H,1-3,5,26-28H2,4,6H3. The molecule has 280 valence electrons. The van der Waals surface area contributed by atoms with Crippen molar-refractivity contribution in [3.8, 4) is 22.6 Å². The lowest BCUT2D eigenvalue weighted by atomic mass is 9.68. The van der Waals surface area contributed by atoms with E-state index in [1.165, 1.54) is 20.1 Å². The molecule has 4 aromatic carbocycles. The SMILES string of the molecule is C=CC(=O)OCC(=COc1ccc(C2(c3ccc(OCC(COC(=O)C=C)OC(=O)C(=C)C)cc3)c3ccccc3-c3ccccc32)cc1)OC(=O)C(=C)C. The topological polar surface area (TPSA) is 124 Å². The van der Waals surface area contributed by atoms with Crippen LogP contribution in [0.4, 0.5) is 0 Å². The van der Waals surface area contributed by atoms with E-state index in [1.54, 1.807) is 12.1 Å². The van der Waals surface area contributed by atoms with Crippen LogP contribution in [-0.4, -0.2) is 49.8 Å². The van der Waals surface area contributed by atoms with Crippen molar-refractivity contribution in [1.29, 1.82) is 0 Å². The van der Waals surface area contributed by atoms with Gasteiger partial charge in [0.15, 0.2) is 18.5 Å². The van der Waals surface area contributed by atoms with Crippen LogP contribution in [-0.2, 0) is 43.5 Å². The van der Waals surface area contributed by atoms with Crippen LogP contribution in [0.25, 0.3) is 11.1 Å². The van der Waals surface area contributed by atoms with Crippen molar-refractivity contribution in [2.45, 2.75) is 25.4 Å². The van der Waals surface area contributed by atoms with Crippen LogP contribution in [0.3, 0.4) is 0 Å². The molecule has 1 aliphatic carbocycles. The van der Waals surface area contributed by atoms with Crippen LogP contribution in [0.1, 0.15) is 36.1 Å². The van der Waals surface area contributed by atoms with E-state index in [0.717, 1.165) is 45.5 Å². The van der Waals surface area contributed by atoms with Gasteiger partial charge in [0.1, 0.15) is 31.0 Å². The van der Waals surface area contributed by atoms with Gasteiger partial charge in [-0.25, -0.2) is 19.2 Å². The molecule has 4 aromatic rings. The van der Waals surface area contributed by atoms with Gasteiger partial charge in [-0.05, 0) is 71.5 Å². The molecule has 1 atom stereocenters. The Morgan fingerprint density at radius 1 is 0.655 bits per heavy atom. The summed E-state index contributed by atoms with van der Waals surface area (Å²) in [6, 6.07) is 31.7. The maximum atomic E-state index is 12.3. The highest BCUT2D eigenvalue weighted by Crippen LogP contribution is 2.56. The molecular weight excluding hydrogens is 700 g/mol. The highest BCUT2D eigenvalue weighted by Gasteiger charge is 2.45. The van der Waals surface area contributed by atoms with E-state index in [9.17, 15) is 19.2 Å². The van der Waals surface area contributed by atoms with Crippen LogP contribution in [0.5, 0.6) is 11.5 Å². The van der Waals surface area contributed by atoms with Crippen molar-refractivity contribution < 1.29 is 47.6 Å². The summed E-state index contributed by atoms with van der Waals surface area (Å²) in [5.74, 6) is -1.78. The molecule has 0 radical (unpaired) electrons. The maximum absolute atomic E-state index is 12.3. The first-order valence-electron chi connectivity index (χ1n) is 17.2. The number of rotatable bonds is 17. The van der Waals surface area contributed by atoms with Crippen molar-refractivity contribution in [1.82, 2.24) is 0 Å². The number of hydrogen-bond donors (Lipinski definition) is 0. The molecule has 0 heterocycles. The lowest BCUT2D eigenvalue weighted by Gasteiger charge is -2.34. The lowest BCUT2D eigenvalue weighted by Crippen LogP contribution is -2.31. The largest absolute Gasteiger partial charge is 0.490 e. The second-order valence-electron chi connectivity index (χ2n) is 12.5. The molecule has 0 saturated heterocycles. The fraction of sp³-hybridized carbons (Fsp3) is 0.156. The average molecular weight is 741 g/mol. The van der Waals surface area contributed by atoms with Crippen LogP contribution in [0, 0.1) is 0 Å². The predicted molar refractivity (Wildman–Crippen MR) is 206 cm³/mol. The molecule has 10 heteroatoms. The third-order valence-electron chi connectivity index (χ3n) is 8.59. The minimum Gasteiger partial charge on any atom is -0.490 e. The molecule has 10 nitrogen and oxygen atoms in total. The van der Waals surface area contributed by atoms with Crippen molar-refractivity contribution in [3.05, 3.63) is 181 Å². The highest BCUT2D eigenvalue weighted by atomic mass is 16.6. The smallest absolute Gasteiger partial charge is 0.338 e. The van der Waals surface area contributed by atoms with Gasteiger partial charge in [-0.15, -0.1) is 0 Å². The highest BCUT2D eigenvalue weighted by molar-refractivity contribution is 5.88. The Morgan fingerprint density at radius 3 is 1.69 bits per heavy atom. The fourth-order valence-corrected chi connectivity index (χ4v) is 6.03. The van der Waals surface area contributed by atoms with Crippen molar-refractivity contribution in [3.63, 3.8) is 0 Å². The van der Waals surface area contributed by atoms with Gasteiger partial charge >= 0.3 is 23.9 Å². The van der Waals surface area contributed by atoms with Gasteiger partial charge in [0.2, 0.25) is 0 Å². The second kappa shape index (κ2) is 17.7. The van der Waals surface area contributed by atoms with E-state index in [4.69, 9.17) is 28.4 Å². The normalized spacial score (nSPS) is 12.8. The van der Waals surface area contributed by atoms with Gasteiger partial charge in [-0.1, -0.05) is 99.1 Å². The van der Waals surface area contributed by atoms with Gasteiger partial charge in [0.05, 0.1) is 5.41 Å². The maximum Gasteiger partial charge on any atom is 0.338 e. The van der Waals surface area contributed by atoms with E-state index in [2.05, 4.69) is 50.6 Å². The Labute approximate surface area is 319 Å². The number of benzene rings is 4. The summed E-state index contributed by atoms with van der Waals surface area (Å²) >= 11 is 0. The molecule has 0 saturated carbocycles. The first kappa shape index (κ1) is 39.3. The second-order valence-corrected chi connectivity index (χ2v) is 12.5. The molecule has 1 aliphatic rings. The van der Waals surface area contributed by atoms with Gasteiger partial charge in [0.25, 0.3) is 0 Å². The van der Waals surface area contributed by atoms with Gasteiger partial charge in [0, 0.05) is 23.3 Å². The monoisotopic (exact) mass is 740 g/mol. The zero-order valence-electron chi connectivity index (χ0n) is 30.6. The minimum atomic E-state index is -0.889. The zero-order valence-corrected chi connectivity index (χ0v) is 30.6. The predicted octanol–water partition coefficient (Wildman–Crippen LogP) is 7.71. The van der Waals surface area contributed by atoms with Crippen LogP contribution in [0.2, 0.25) is 0 Å². The van der Waals surface area contributed by atoms with Crippen LogP contribution >= 0.6 is 0 Å². The first-order chi connectivity index (χ1) is 26.5. The Kier molecular flexibility index (Phi) is 12.7. The minimum absolute atomic E-state index is 0.0391. The first-order valence-corrected chi connectivity index (χ1v) is 17.2. The third kappa shape index (κ3) is 9.00. The van der Waals surface area contributed by atoms with Crippen LogP contribution in [0.15, 0.2) is 159 Å². The molecule has 0 fully saturated rings. The fourth-order valence-electron chi connectivity index (χ4n) is 6.03. The van der Waals surface area contributed by atoms with E-state index in [-0.39, 0.29) is 36.7 Å². The van der Waals surface area contributed by atoms with Gasteiger partial charge < -0.3 is 28.4 Å². The Morgan fingerprint density at radius 2 is 1.16 bits per heavy atom. The van der Waals surface area contributed by atoms with Crippen molar-refractivity contribution in [2.75, 3.05) is 19.8 Å². The summed E-state index contributed by atoms with van der Waals surface area (Å²) in [6.07, 6.45) is 2.34. The number of carbonyl (C=O) groups excluding carboxylic acids is 4. The molecule has 5 rings (SSSR count). The van der Waals surface area contributed by atoms with Gasteiger partial charge in [-0.3, -0.25) is 0 Å². The number of esters is 4. The quantitative estimate of drug-likeness (QED) is 0.0405. The number of ether oxygens (including phenoxy) is 6. The summed E-state index contributed by atoms with van der Waals surface area (Å²) in [4.78, 5) is 47.9. The molecule has 0 amide bonds. The molecule has 0 N–H and O–H groups in total. The molecule has 0 aliphatic heterocycles. The summed E-state index contributed by atoms with van der Waals surface area (Å²) in [5.41, 5.74) is 5.84. The Balaban J connectivity index is 1.48. The molecular formula is C45H40O10. The Hall–Kier alpha value is -6.94. The van der Waals surface area contributed by atoms with E-state index >= 15 is 0 Å². The number of carbonyl (C=O) groups is 4. The van der Waals surface area contributed by atoms with Crippen molar-refractivity contribution >= 4 is 23.9 Å². The molecule has 55 heavy (non-hydrogen) atoms. The lowest BCUT2D eigenvalue weighted by molar-refractivity contribution is -0.155. The molecule has 0 aromatic heterocycles. The molecule has 1 unspecified atom stereocenters. The summed E-state index contributed by atoms with van der Waals surface area (Å²) < 4.78 is 32.8. The summed E-state index contributed by atoms with van der Waals surface area (Å²) in [6.45, 7) is 16.3. The average Bonchev–Trinajstić information content (AvgIpc) is 3.50. The Bertz CT molecular complexity index is 2110. The van der Waals surface area contributed by atoms with Crippen LogP contribution < -0.4 is 9.47 Å². The zero-order chi connectivity index (χ0) is 39.5. The van der Waals surface area contributed by atoms with Gasteiger partial charge in [-0.2, -0.15) is 0 Å². The van der Waals surface area contributed by atoms with E-state index in [0.29, 0.717) is 11.5 Å².